The van der Waals surface area contributed by atoms with Gasteiger partial charge in [-0.15, -0.1) is 0 Å². The molecular formula is C25H16F6O6S3. The van der Waals surface area contributed by atoms with E-state index in [0.29, 0.717) is 4.90 Å². The molecule has 1 atom stereocenters. The third-order valence-corrected chi connectivity index (χ3v) is 10.00. The first-order valence-electron chi connectivity index (χ1n) is 10.9. The summed E-state index contributed by atoms with van der Waals surface area (Å²) in [6.45, 7) is 0. The van der Waals surface area contributed by atoms with Crippen LogP contribution in [0.3, 0.4) is 0 Å². The molecule has 0 aliphatic carbocycles. The predicted molar refractivity (Wildman–Crippen MR) is 133 cm³/mol. The van der Waals surface area contributed by atoms with Gasteiger partial charge >= 0.3 is 26.5 Å². The molecule has 0 heterocycles. The Morgan fingerprint density at radius 2 is 1.20 bits per heavy atom. The van der Waals surface area contributed by atoms with Crippen molar-refractivity contribution in [2.75, 3.05) is 0 Å². The van der Waals surface area contributed by atoms with E-state index < -0.39 is 53.3 Å². The minimum Gasteiger partial charge on any atom is -0.743 e. The van der Waals surface area contributed by atoms with E-state index in [0.717, 1.165) is 27.8 Å². The fraction of sp³-hybridized carbons (Fsp3) is 0.120. The van der Waals surface area contributed by atoms with Crippen molar-refractivity contribution in [3.05, 3.63) is 97.1 Å². The molecule has 0 bridgehead atoms. The molecule has 15 heteroatoms. The molecule has 0 spiro atoms. The van der Waals surface area contributed by atoms with Gasteiger partial charge in [0.05, 0.1) is 0 Å². The van der Waals surface area contributed by atoms with E-state index in [1.807, 2.05) is 24.3 Å². The summed E-state index contributed by atoms with van der Waals surface area (Å²) in [5, 5.41) is -12.2. The Morgan fingerprint density at radius 3 is 1.85 bits per heavy atom. The Bertz CT molecular complexity index is 1760. The van der Waals surface area contributed by atoms with Crippen molar-refractivity contribution in [3.63, 3.8) is 0 Å². The molecular weight excluding hydrogens is 606 g/mol. The number of halogens is 6. The molecule has 0 saturated heterocycles. The fourth-order valence-electron chi connectivity index (χ4n) is 3.64. The number of fused-ring (bicyclic) bond motifs is 1. The van der Waals surface area contributed by atoms with E-state index in [2.05, 4.69) is 4.18 Å². The standard InChI is InChI=1S/C25H16F6O6S3/c26-23(27,24(28,29)39(32,33)34)25(30,31)40(35,36)37-18-10-7-13-20(16-18)38(19-11-2-1-3-12-19)22-15-6-9-17-8-4-5-14-21(17)22/h1-16H. The molecule has 4 aromatic carbocycles. The van der Waals surface area contributed by atoms with Gasteiger partial charge in [0.1, 0.15) is 16.6 Å². The number of rotatable bonds is 9. The molecule has 0 radical (unpaired) electrons. The van der Waals surface area contributed by atoms with Crippen molar-refractivity contribution in [2.24, 2.45) is 0 Å². The van der Waals surface area contributed by atoms with Crippen LogP contribution in [0.1, 0.15) is 0 Å². The lowest BCUT2D eigenvalue weighted by Gasteiger charge is -2.32. The minimum absolute atomic E-state index is 0.276. The van der Waals surface area contributed by atoms with Crippen LogP contribution in [0.5, 0.6) is 5.75 Å². The van der Waals surface area contributed by atoms with Crippen molar-refractivity contribution in [2.45, 2.75) is 31.1 Å². The second kappa shape index (κ2) is 10.3. The molecule has 0 aromatic heterocycles. The summed E-state index contributed by atoms with van der Waals surface area (Å²) >= 11 is 0. The monoisotopic (exact) mass is 622 g/mol. The zero-order valence-electron chi connectivity index (χ0n) is 19.7. The lowest BCUT2D eigenvalue weighted by Crippen LogP contribution is -2.61. The quantitative estimate of drug-likeness (QED) is 0.0982. The summed E-state index contributed by atoms with van der Waals surface area (Å²) < 4.78 is 144. The number of hydrogen-bond acceptors (Lipinski definition) is 6. The Morgan fingerprint density at radius 1 is 0.650 bits per heavy atom. The van der Waals surface area contributed by atoms with Crippen LogP contribution in [-0.4, -0.2) is 37.8 Å². The van der Waals surface area contributed by atoms with Gasteiger partial charge in [-0.2, -0.15) is 34.8 Å². The van der Waals surface area contributed by atoms with E-state index in [4.69, 9.17) is 0 Å². The zero-order chi connectivity index (χ0) is 29.6. The van der Waals surface area contributed by atoms with Gasteiger partial charge in [0.25, 0.3) is 0 Å². The van der Waals surface area contributed by atoms with Crippen LogP contribution >= 0.6 is 0 Å². The highest BCUT2D eigenvalue weighted by Gasteiger charge is 2.81. The Labute approximate surface area is 227 Å². The van der Waals surface area contributed by atoms with Gasteiger partial charge in [0, 0.05) is 11.5 Å². The highest BCUT2D eigenvalue weighted by Crippen LogP contribution is 2.51. The smallest absolute Gasteiger partial charge is 0.450 e. The summed E-state index contributed by atoms with van der Waals surface area (Å²) in [5.74, 6) is -8.12. The van der Waals surface area contributed by atoms with Crippen LogP contribution in [0, 0.1) is 0 Å². The SMILES string of the molecule is O=S(=O)([O-])C(F)(F)C(F)(F)C(F)(F)S(=O)(=O)Oc1cccc([S+](c2ccccc2)c2cccc3ccccc23)c1. The summed E-state index contributed by atoms with van der Waals surface area (Å²) in [6, 6.07) is 25.7. The first-order valence-corrected chi connectivity index (χ1v) is 15.0. The summed E-state index contributed by atoms with van der Waals surface area (Å²) in [7, 11) is -15.4. The molecule has 1 unspecified atom stereocenters. The molecule has 0 aliphatic heterocycles. The lowest BCUT2D eigenvalue weighted by atomic mass is 10.1. The first-order chi connectivity index (χ1) is 18.5. The molecule has 0 fully saturated rings. The van der Waals surface area contributed by atoms with Gasteiger partial charge in [0.15, 0.2) is 24.8 Å². The van der Waals surface area contributed by atoms with Crippen molar-refractivity contribution >= 4 is 41.9 Å². The second-order valence-corrected chi connectivity index (χ2v) is 13.2. The van der Waals surface area contributed by atoms with Gasteiger partial charge in [-0.25, -0.2) is 8.42 Å². The van der Waals surface area contributed by atoms with E-state index in [1.165, 1.54) is 12.1 Å². The highest BCUT2D eigenvalue weighted by atomic mass is 32.2. The van der Waals surface area contributed by atoms with Crippen LogP contribution in [-0.2, 0) is 31.1 Å². The molecule has 4 rings (SSSR count). The van der Waals surface area contributed by atoms with Gasteiger partial charge in [0.2, 0.25) is 0 Å². The van der Waals surface area contributed by atoms with Gasteiger partial charge in [-0.05, 0) is 41.8 Å². The molecule has 40 heavy (non-hydrogen) atoms. The maximum atomic E-state index is 14.3. The number of benzene rings is 4. The third-order valence-electron chi connectivity index (χ3n) is 5.55. The lowest BCUT2D eigenvalue weighted by molar-refractivity contribution is -0.247. The Kier molecular flexibility index (Phi) is 7.64. The Balaban J connectivity index is 1.80. The molecule has 0 N–H and O–H groups in total. The molecule has 0 saturated carbocycles. The third kappa shape index (κ3) is 5.02. The normalized spacial score (nSPS) is 14.2. The number of hydrogen-bond donors (Lipinski definition) is 0. The van der Waals surface area contributed by atoms with Crippen LogP contribution in [0.15, 0.2) is 112 Å². The molecule has 4 aromatic rings. The topological polar surface area (TPSA) is 101 Å². The summed E-state index contributed by atoms with van der Waals surface area (Å²) in [4.78, 5) is 1.69. The van der Waals surface area contributed by atoms with Gasteiger partial charge in [-0.1, -0.05) is 54.6 Å². The summed E-state index contributed by atoms with van der Waals surface area (Å²) in [6.07, 6.45) is 0. The fourth-order valence-corrected chi connectivity index (χ4v) is 7.32. The molecule has 212 valence electrons. The molecule has 0 aliphatic rings. The van der Waals surface area contributed by atoms with Crippen LogP contribution in [0.4, 0.5) is 26.3 Å². The van der Waals surface area contributed by atoms with Crippen molar-refractivity contribution in [3.8, 4) is 5.75 Å². The van der Waals surface area contributed by atoms with E-state index in [1.54, 1.807) is 48.5 Å². The minimum atomic E-state index is -7.41. The first kappa shape index (κ1) is 29.7. The van der Waals surface area contributed by atoms with Crippen LogP contribution in [0.2, 0.25) is 0 Å². The molecule has 0 amide bonds. The summed E-state index contributed by atoms with van der Waals surface area (Å²) in [5.41, 5.74) is 0. The Hall–Kier alpha value is -3.27. The predicted octanol–water partition coefficient (Wildman–Crippen LogP) is 6.01. The van der Waals surface area contributed by atoms with Crippen LogP contribution < -0.4 is 4.18 Å². The highest BCUT2D eigenvalue weighted by molar-refractivity contribution is 7.97. The van der Waals surface area contributed by atoms with E-state index >= 15 is 0 Å². The van der Waals surface area contributed by atoms with Crippen molar-refractivity contribution < 1.29 is 51.9 Å². The maximum Gasteiger partial charge on any atom is 0.450 e. The van der Waals surface area contributed by atoms with Crippen molar-refractivity contribution in [1.29, 1.82) is 0 Å². The van der Waals surface area contributed by atoms with Gasteiger partial charge < -0.3 is 8.74 Å². The van der Waals surface area contributed by atoms with E-state index in [9.17, 15) is 47.7 Å². The van der Waals surface area contributed by atoms with Gasteiger partial charge in [-0.3, -0.25) is 0 Å². The average Bonchev–Trinajstić information content (AvgIpc) is 2.88. The molecule has 6 nitrogen and oxygen atoms in total. The second-order valence-electron chi connectivity index (χ2n) is 8.17. The largest absolute Gasteiger partial charge is 0.743 e. The number of alkyl halides is 6. The van der Waals surface area contributed by atoms with Crippen LogP contribution in [0.25, 0.3) is 10.8 Å². The zero-order valence-corrected chi connectivity index (χ0v) is 22.1. The van der Waals surface area contributed by atoms with E-state index in [-0.39, 0.29) is 4.90 Å². The van der Waals surface area contributed by atoms with Crippen molar-refractivity contribution in [1.82, 2.24) is 0 Å². The maximum absolute atomic E-state index is 14.3. The average molecular weight is 623 g/mol.